The Kier molecular flexibility index (Phi) is 4.85. The van der Waals surface area contributed by atoms with E-state index in [1.165, 1.54) is 28.6 Å². The average molecular weight is 413 g/mol. The normalized spacial score (nSPS) is 16.9. The van der Waals surface area contributed by atoms with Crippen molar-refractivity contribution in [3.8, 4) is 5.75 Å². The van der Waals surface area contributed by atoms with E-state index < -0.39 is 26.7 Å². The summed E-state index contributed by atoms with van der Waals surface area (Å²) in [6.45, 7) is 0.668. The molecule has 0 radical (unpaired) electrons. The Morgan fingerprint density at radius 1 is 1.03 bits per heavy atom. The van der Waals surface area contributed by atoms with Crippen molar-refractivity contribution in [1.82, 2.24) is 8.87 Å². The zero-order valence-corrected chi connectivity index (χ0v) is 16.5. The lowest BCUT2D eigenvalue weighted by Crippen LogP contribution is -2.42. The van der Waals surface area contributed by atoms with Crippen molar-refractivity contribution in [2.75, 3.05) is 13.7 Å². The third kappa shape index (κ3) is 3.28. The quantitative estimate of drug-likeness (QED) is 0.473. The molecule has 0 saturated carbocycles. The predicted molar refractivity (Wildman–Crippen MR) is 106 cm³/mol. The van der Waals surface area contributed by atoms with Gasteiger partial charge >= 0.3 is 0 Å². The molecule has 2 aromatic carbocycles. The number of rotatable bonds is 5. The van der Waals surface area contributed by atoms with Crippen molar-refractivity contribution in [2.24, 2.45) is 0 Å². The number of hydrogen-bond donors (Lipinski definition) is 0. The molecule has 4 rings (SSSR count). The second kappa shape index (κ2) is 7.34. The molecule has 1 unspecified atom stereocenters. The van der Waals surface area contributed by atoms with Gasteiger partial charge in [0.25, 0.3) is 15.7 Å². The molecule has 0 bridgehead atoms. The number of ether oxygens (including phenoxy) is 1. The van der Waals surface area contributed by atoms with Gasteiger partial charge in [0.1, 0.15) is 5.75 Å². The summed E-state index contributed by atoms with van der Waals surface area (Å²) in [5, 5.41) is 11.4. The molecule has 0 aliphatic carbocycles. The second-order valence-electron chi connectivity index (χ2n) is 6.64. The SMILES string of the molecule is COc1ccc(C2c3cccn3CCN2S(=O)(=O)c2ccccc2[N+](=O)[O-])cc1. The maximum Gasteiger partial charge on any atom is 0.289 e. The molecule has 29 heavy (non-hydrogen) atoms. The fourth-order valence-electron chi connectivity index (χ4n) is 3.70. The fraction of sp³-hybridized carbons (Fsp3) is 0.200. The van der Waals surface area contributed by atoms with E-state index in [2.05, 4.69) is 0 Å². The lowest BCUT2D eigenvalue weighted by molar-refractivity contribution is -0.387. The Balaban J connectivity index is 1.86. The largest absolute Gasteiger partial charge is 0.497 e. The minimum Gasteiger partial charge on any atom is -0.497 e. The number of sulfonamides is 1. The highest BCUT2D eigenvalue weighted by molar-refractivity contribution is 7.89. The highest BCUT2D eigenvalue weighted by Gasteiger charge is 2.40. The van der Waals surface area contributed by atoms with E-state index in [-0.39, 0.29) is 11.4 Å². The smallest absolute Gasteiger partial charge is 0.289 e. The number of methoxy groups -OCH3 is 1. The van der Waals surface area contributed by atoms with Crippen LogP contribution in [0.3, 0.4) is 0 Å². The number of nitro groups is 1. The van der Waals surface area contributed by atoms with Crippen LogP contribution in [0.5, 0.6) is 5.75 Å². The molecule has 3 aromatic rings. The lowest BCUT2D eigenvalue weighted by Gasteiger charge is -2.36. The summed E-state index contributed by atoms with van der Waals surface area (Å²) in [5.41, 5.74) is 1.14. The number of benzene rings is 2. The first-order valence-electron chi connectivity index (χ1n) is 8.98. The van der Waals surface area contributed by atoms with Gasteiger partial charge in [0.05, 0.1) is 18.1 Å². The summed E-state index contributed by atoms with van der Waals surface area (Å²) < 4.78 is 35.6. The maximum atomic E-state index is 13.5. The van der Waals surface area contributed by atoms with Crippen LogP contribution in [0, 0.1) is 10.1 Å². The number of nitro benzene ring substituents is 1. The average Bonchev–Trinajstić information content (AvgIpc) is 3.22. The number of aromatic nitrogens is 1. The van der Waals surface area contributed by atoms with Gasteiger partial charge in [-0.05, 0) is 35.9 Å². The number of fused-ring (bicyclic) bond motifs is 1. The zero-order chi connectivity index (χ0) is 20.6. The molecule has 1 aliphatic rings. The predicted octanol–water partition coefficient (Wildman–Crippen LogP) is 3.20. The van der Waals surface area contributed by atoms with Crippen molar-refractivity contribution in [3.63, 3.8) is 0 Å². The Labute approximate surface area is 168 Å². The van der Waals surface area contributed by atoms with Gasteiger partial charge in [-0.15, -0.1) is 0 Å². The van der Waals surface area contributed by atoms with E-state index in [4.69, 9.17) is 4.74 Å². The molecule has 0 fully saturated rings. The van der Waals surface area contributed by atoms with Crippen LogP contribution in [0.4, 0.5) is 5.69 Å². The number of hydrogen-bond acceptors (Lipinski definition) is 5. The summed E-state index contributed by atoms with van der Waals surface area (Å²) in [6, 6.07) is 15.8. The van der Waals surface area contributed by atoms with Crippen molar-refractivity contribution in [1.29, 1.82) is 0 Å². The van der Waals surface area contributed by atoms with E-state index in [1.807, 2.05) is 35.0 Å². The Morgan fingerprint density at radius 2 is 1.76 bits per heavy atom. The molecule has 0 N–H and O–H groups in total. The zero-order valence-electron chi connectivity index (χ0n) is 15.6. The molecular weight excluding hydrogens is 394 g/mol. The molecule has 0 amide bonds. The maximum absolute atomic E-state index is 13.5. The van der Waals surface area contributed by atoms with Crippen molar-refractivity contribution >= 4 is 15.7 Å². The van der Waals surface area contributed by atoms with Gasteiger partial charge < -0.3 is 9.30 Å². The first-order valence-corrected chi connectivity index (χ1v) is 10.4. The van der Waals surface area contributed by atoms with Gasteiger partial charge in [-0.2, -0.15) is 4.31 Å². The highest BCUT2D eigenvalue weighted by atomic mass is 32.2. The van der Waals surface area contributed by atoms with Crippen LogP contribution in [0.15, 0.2) is 71.8 Å². The highest BCUT2D eigenvalue weighted by Crippen LogP contribution is 2.38. The lowest BCUT2D eigenvalue weighted by atomic mass is 10.0. The minimum atomic E-state index is -4.12. The molecule has 150 valence electrons. The van der Waals surface area contributed by atoms with Gasteiger partial charge in [0.2, 0.25) is 0 Å². The summed E-state index contributed by atoms with van der Waals surface area (Å²) in [7, 11) is -2.56. The van der Waals surface area contributed by atoms with Crippen LogP contribution in [-0.4, -0.2) is 35.9 Å². The summed E-state index contributed by atoms with van der Waals surface area (Å²) in [6.07, 6.45) is 1.90. The first kappa shape index (κ1) is 19.2. The van der Waals surface area contributed by atoms with Crippen molar-refractivity contribution in [3.05, 3.63) is 88.2 Å². The Morgan fingerprint density at radius 3 is 2.45 bits per heavy atom. The molecule has 1 aliphatic heterocycles. The van der Waals surface area contributed by atoms with E-state index in [0.717, 1.165) is 11.3 Å². The Bertz CT molecular complexity index is 1150. The summed E-state index contributed by atoms with van der Waals surface area (Å²) in [5.74, 6) is 0.660. The van der Waals surface area contributed by atoms with Crippen LogP contribution in [0.2, 0.25) is 0 Å². The van der Waals surface area contributed by atoms with Crippen LogP contribution >= 0.6 is 0 Å². The molecule has 1 aromatic heterocycles. The van der Waals surface area contributed by atoms with Crippen molar-refractivity contribution < 1.29 is 18.1 Å². The van der Waals surface area contributed by atoms with Crippen LogP contribution < -0.4 is 4.74 Å². The van der Waals surface area contributed by atoms with Crippen LogP contribution in [0.1, 0.15) is 17.3 Å². The molecular formula is C20H19N3O5S. The van der Waals surface area contributed by atoms with Crippen molar-refractivity contribution in [2.45, 2.75) is 17.5 Å². The van der Waals surface area contributed by atoms with E-state index >= 15 is 0 Å². The van der Waals surface area contributed by atoms with Gasteiger partial charge in [-0.1, -0.05) is 24.3 Å². The van der Waals surface area contributed by atoms with Gasteiger partial charge in [0, 0.05) is 31.0 Å². The van der Waals surface area contributed by atoms with E-state index in [9.17, 15) is 18.5 Å². The summed E-state index contributed by atoms with van der Waals surface area (Å²) >= 11 is 0. The minimum absolute atomic E-state index is 0.201. The second-order valence-corrected chi connectivity index (χ2v) is 8.50. The van der Waals surface area contributed by atoms with Gasteiger partial charge in [-0.25, -0.2) is 8.42 Å². The fourth-order valence-corrected chi connectivity index (χ4v) is 5.44. The van der Waals surface area contributed by atoms with Crippen LogP contribution in [0.25, 0.3) is 0 Å². The molecule has 2 heterocycles. The summed E-state index contributed by atoms with van der Waals surface area (Å²) in [4.78, 5) is 10.5. The standard InChI is InChI=1S/C20H19N3O5S/c1-28-16-10-8-15(9-11-16)20-18-6-4-12-21(18)13-14-22(20)29(26,27)19-7-3-2-5-17(19)23(24)25/h2-12,20H,13-14H2,1H3. The van der Waals surface area contributed by atoms with E-state index in [0.29, 0.717) is 12.3 Å². The molecule has 9 heteroatoms. The van der Waals surface area contributed by atoms with Crippen LogP contribution in [-0.2, 0) is 16.6 Å². The molecule has 1 atom stereocenters. The topological polar surface area (TPSA) is 94.7 Å². The third-order valence-electron chi connectivity index (χ3n) is 5.07. The molecule has 0 saturated heterocycles. The third-order valence-corrected chi connectivity index (χ3v) is 6.99. The number of para-hydroxylation sites is 1. The first-order chi connectivity index (χ1) is 13.9. The van der Waals surface area contributed by atoms with E-state index in [1.54, 1.807) is 19.2 Å². The van der Waals surface area contributed by atoms with Gasteiger partial charge in [0.15, 0.2) is 4.90 Å². The number of nitrogens with zero attached hydrogens (tertiary/aromatic N) is 3. The Hall–Kier alpha value is -3.17. The monoisotopic (exact) mass is 413 g/mol. The van der Waals surface area contributed by atoms with Gasteiger partial charge in [-0.3, -0.25) is 10.1 Å². The molecule has 0 spiro atoms. The molecule has 8 nitrogen and oxygen atoms in total.